The van der Waals surface area contributed by atoms with Crippen molar-refractivity contribution >= 4 is 17.3 Å². The number of nitrogens with two attached hydrogens (primary N) is 1. The predicted molar refractivity (Wildman–Crippen MR) is 156 cm³/mol. The molecule has 4 rings (SSSR count). The molecule has 0 spiro atoms. The Labute approximate surface area is 258 Å². The maximum absolute atomic E-state index is 6.21. The molecule has 3 aromatic carbocycles. The molecule has 0 saturated heterocycles. The largest absolute Gasteiger partial charge is 0.678 e. The summed E-state index contributed by atoms with van der Waals surface area (Å²) >= 11 is 6.17. The van der Waals surface area contributed by atoms with Gasteiger partial charge >= 0.3 is 0 Å². The van der Waals surface area contributed by atoms with Gasteiger partial charge in [0.1, 0.15) is 5.75 Å². The van der Waals surface area contributed by atoms with E-state index in [0.29, 0.717) is 24.6 Å². The molecule has 0 aromatic heterocycles. The number of nitrogen functional groups attached to an aromatic ring is 1. The van der Waals surface area contributed by atoms with E-state index >= 15 is 0 Å². The first-order valence-corrected chi connectivity index (χ1v) is 13.1. The van der Waals surface area contributed by atoms with E-state index in [9.17, 15) is 0 Å². The predicted octanol–water partition coefficient (Wildman–Crippen LogP) is 7.97. The Morgan fingerprint density at radius 1 is 0.974 bits per heavy atom. The molecule has 0 saturated carbocycles. The first-order valence-electron chi connectivity index (χ1n) is 12.7. The fourth-order valence-corrected chi connectivity index (χ4v) is 4.40. The minimum absolute atomic E-state index is 0. The van der Waals surface area contributed by atoms with Gasteiger partial charge in [0, 0.05) is 44.2 Å². The van der Waals surface area contributed by atoms with E-state index in [1.807, 2.05) is 44.2 Å². The first-order chi connectivity index (χ1) is 17.9. The third kappa shape index (κ3) is 9.13. The third-order valence-corrected chi connectivity index (χ3v) is 6.12. The van der Waals surface area contributed by atoms with Crippen LogP contribution in [-0.4, -0.2) is 33.9 Å². The van der Waals surface area contributed by atoms with Crippen LogP contribution in [0.15, 0.2) is 48.5 Å². The Balaban J connectivity index is 0.00000112. The summed E-state index contributed by atoms with van der Waals surface area (Å²) in [5.41, 5.74) is 18.5. The second-order valence-corrected chi connectivity index (χ2v) is 8.73. The van der Waals surface area contributed by atoms with E-state index in [-0.39, 0.29) is 38.8 Å². The van der Waals surface area contributed by atoms with Crippen molar-refractivity contribution in [1.82, 2.24) is 0 Å². The summed E-state index contributed by atoms with van der Waals surface area (Å²) in [6, 6.07) is 15.9. The third-order valence-electron chi connectivity index (χ3n) is 5.89. The molecule has 1 unspecified atom stereocenters. The van der Waals surface area contributed by atoms with Crippen molar-refractivity contribution in [2.24, 2.45) is 0 Å². The molecule has 1 aliphatic heterocycles. The van der Waals surface area contributed by atoms with Gasteiger partial charge < -0.3 is 31.0 Å². The quantitative estimate of drug-likeness (QED) is 0.273. The van der Waals surface area contributed by atoms with E-state index in [4.69, 9.17) is 42.6 Å². The molecular weight excluding hydrogens is 575 g/mol. The van der Waals surface area contributed by atoms with Crippen LogP contribution in [0, 0.1) is 6.92 Å². The zero-order chi connectivity index (χ0) is 27.4. The van der Waals surface area contributed by atoms with Crippen molar-refractivity contribution in [2.45, 2.75) is 46.6 Å². The molecule has 1 radical (unpaired) electrons. The average molecular weight is 615 g/mol. The Hall–Kier alpha value is -1.83. The number of ether oxygens (including phenoxy) is 3. The van der Waals surface area contributed by atoms with Gasteiger partial charge in [-0.3, -0.25) is 0 Å². The molecule has 0 aliphatic carbocycles. The van der Waals surface area contributed by atoms with Gasteiger partial charge in [0.2, 0.25) is 0 Å². The van der Waals surface area contributed by atoms with E-state index < -0.39 is 0 Å². The van der Waals surface area contributed by atoms with Crippen LogP contribution in [0.5, 0.6) is 17.2 Å². The molecule has 0 bridgehead atoms. The number of halogens is 1. The Morgan fingerprint density at radius 3 is 2.29 bits per heavy atom. The monoisotopic (exact) mass is 614 g/mol. The van der Waals surface area contributed by atoms with Crippen LogP contribution in [0.3, 0.4) is 0 Å². The normalized spacial score (nSPS) is 13.4. The number of fused-ring (bicyclic) bond motifs is 1. The van der Waals surface area contributed by atoms with Gasteiger partial charge in [0.15, 0.2) is 11.5 Å². The van der Waals surface area contributed by atoms with Gasteiger partial charge in [-0.1, -0.05) is 61.7 Å². The summed E-state index contributed by atoms with van der Waals surface area (Å²) in [4.78, 5) is 0. The van der Waals surface area contributed by atoms with Crippen molar-refractivity contribution in [3.63, 3.8) is 0 Å². The van der Waals surface area contributed by atoms with Crippen LogP contribution in [-0.2, 0) is 45.6 Å². The molecule has 38 heavy (non-hydrogen) atoms. The van der Waals surface area contributed by atoms with Gasteiger partial charge in [-0.2, -0.15) is 6.54 Å². The van der Waals surface area contributed by atoms with E-state index in [2.05, 4.69) is 25.1 Å². The second kappa shape index (κ2) is 17.7. The molecule has 0 amide bonds. The van der Waals surface area contributed by atoms with Crippen molar-refractivity contribution in [2.75, 3.05) is 39.6 Å². The minimum Gasteiger partial charge on any atom is -0.678 e. The maximum atomic E-state index is 6.21. The first kappa shape index (κ1) is 34.2. The summed E-state index contributed by atoms with van der Waals surface area (Å²) in [5.74, 6) is 2.14. The average Bonchev–Trinajstić information content (AvgIpc) is 2.90. The van der Waals surface area contributed by atoms with Crippen LogP contribution in [0.2, 0.25) is 5.02 Å². The molecule has 0 fully saturated rings. The molecule has 1 atom stereocenters. The fraction of sp³-hybridized carbons (Fsp3) is 0.400. The molecule has 6 nitrogen and oxygen atoms in total. The van der Waals surface area contributed by atoms with E-state index in [0.717, 1.165) is 52.6 Å². The van der Waals surface area contributed by atoms with Crippen LogP contribution < -0.4 is 19.9 Å². The molecule has 3 N–H and O–H groups in total. The summed E-state index contributed by atoms with van der Waals surface area (Å²) in [7, 11) is 3.29. The van der Waals surface area contributed by atoms with Gasteiger partial charge in [-0.05, 0) is 66.4 Å². The topological polar surface area (TPSA) is 91.6 Å². The van der Waals surface area contributed by atoms with E-state index in [1.165, 1.54) is 11.1 Å². The number of nitrogens with zero attached hydrogens (tertiary/aromatic N) is 1. The number of nitrogens with one attached hydrogen (secondary N) is 1. The molecule has 8 heteroatoms. The summed E-state index contributed by atoms with van der Waals surface area (Å²) in [6.07, 6.45) is 1.61. The van der Waals surface area contributed by atoms with E-state index in [1.54, 1.807) is 21.1 Å². The van der Waals surface area contributed by atoms with Gasteiger partial charge in [-0.25, -0.2) is 0 Å². The Kier molecular flexibility index (Phi) is 15.9. The Morgan fingerprint density at radius 2 is 1.66 bits per heavy atom. The smallest absolute Gasteiger partial charge is 0.161 e. The number of benzene rings is 3. The van der Waals surface area contributed by atoms with Crippen molar-refractivity contribution in [1.29, 1.82) is 0 Å². The second-order valence-electron chi connectivity index (χ2n) is 8.29. The molecule has 3 aromatic rings. The number of aryl methyl sites for hydroxylation is 1. The van der Waals surface area contributed by atoms with Crippen LogP contribution >= 0.6 is 11.6 Å². The maximum Gasteiger partial charge on any atom is 0.161 e. The molecule has 205 valence electrons. The van der Waals surface area contributed by atoms with Crippen molar-refractivity contribution in [3.8, 4) is 17.2 Å². The van der Waals surface area contributed by atoms with Gasteiger partial charge in [0.25, 0.3) is 0 Å². The zero-order valence-corrected chi connectivity index (χ0v) is 27.0. The number of anilines is 1. The minimum atomic E-state index is -0.0365. The van der Waals surface area contributed by atoms with Crippen molar-refractivity contribution in [3.05, 3.63) is 92.4 Å². The molecule has 1 heterocycles. The fourth-order valence-electron chi connectivity index (χ4n) is 4.18. The van der Waals surface area contributed by atoms with Crippen LogP contribution in [0.25, 0.3) is 11.1 Å². The van der Waals surface area contributed by atoms with Crippen molar-refractivity contribution < 1.29 is 46.9 Å². The Bertz CT molecular complexity index is 1140. The van der Waals surface area contributed by atoms with Crippen LogP contribution in [0.4, 0.5) is 5.69 Å². The summed E-state index contributed by atoms with van der Waals surface area (Å²) in [6.45, 7) is 9.65. The number of rotatable bonds is 7. The summed E-state index contributed by atoms with van der Waals surface area (Å²) in [5, 5.41) is 5.65. The molecule has 1 aliphatic rings. The number of hydrogen-bond acceptors (Lipinski definition) is 4. The SMILES string of the molecule is CC.CC[NH-].COc1cc(CCOc2cc3c(cc2OC)CC[N-]C3c2ccc(Cl)cc2C)ccc1N.[Y]. The zero-order valence-electron chi connectivity index (χ0n) is 23.4. The molecular formula is C30H40ClN3O3Y-2. The summed E-state index contributed by atoms with van der Waals surface area (Å²) < 4.78 is 17.1. The van der Waals surface area contributed by atoms with Gasteiger partial charge in [0.05, 0.1) is 26.5 Å². The number of methoxy groups -OCH3 is 2. The van der Waals surface area contributed by atoms with Crippen LogP contribution in [0.1, 0.15) is 54.6 Å². The number of hydrogen-bond donors (Lipinski definition) is 1. The van der Waals surface area contributed by atoms with Gasteiger partial charge in [-0.15, -0.1) is 6.54 Å². The standard InChI is InChI=1S/C26H28ClN2O3.C2H6N.C2H6.Y/c1-16-12-19(27)5-6-20(16)26-21-15-25(24(31-3)14-18(21)8-10-29-26)32-11-9-17-4-7-22(28)23(13-17)30-2;1-2-3;1-2;/h4-7,12-15,26H,8-11,28H2,1-3H3;3H,2H2,1H3;1-2H3;/q2*-1;;.